The van der Waals surface area contributed by atoms with E-state index in [1.54, 1.807) is 0 Å². The van der Waals surface area contributed by atoms with Crippen molar-refractivity contribution in [2.75, 3.05) is 29.9 Å². The van der Waals surface area contributed by atoms with Crippen LogP contribution in [0.2, 0.25) is 0 Å². The summed E-state index contributed by atoms with van der Waals surface area (Å²) in [5, 5.41) is 6.33. The van der Waals surface area contributed by atoms with Crippen molar-refractivity contribution >= 4 is 17.3 Å². The molecule has 0 bridgehead atoms. The number of carbonyl (C=O) groups is 1. The van der Waals surface area contributed by atoms with Gasteiger partial charge in [-0.1, -0.05) is 0 Å². The van der Waals surface area contributed by atoms with E-state index in [1.807, 2.05) is 19.1 Å². The molecule has 1 atom stereocenters. The molecule has 1 aromatic rings. The molecule has 2 fully saturated rings. The quantitative estimate of drug-likeness (QED) is 0.898. The fourth-order valence-corrected chi connectivity index (χ4v) is 3.27. The lowest BCUT2D eigenvalue weighted by Gasteiger charge is -2.29. The highest BCUT2D eigenvalue weighted by Gasteiger charge is 2.35. The monoisotopic (exact) mass is 287 g/mol. The molecule has 1 amide bonds. The van der Waals surface area contributed by atoms with Crippen molar-refractivity contribution in [3.63, 3.8) is 0 Å². The summed E-state index contributed by atoms with van der Waals surface area (Å²) in [7, 11) is 0. The van der Waals surface area contributed by atoms with Gasteiger partial charge < -0.3 is 15.5 Å². The standard InChI is InChI=1S/C17H25N3O/c1-17(10-5-11-18-17)16(21)19-14-6-8-15(9-7-14)20-12-3-2-4-13-20/h6-9,18H,2-5,10-13H2,1H3,(H,19,21). The molecule has 1 unspecified atom stereocenters. The highest BCUT2D eigenvalue weighted by molar-refractivity contribution is 5.98. The number of piperidine rings is 1. The van der Waals surface area contributed by atoms with Crippen LogP contribution in [0.4, 0.5) is 11.4 Å². The van der Waals surface area contributed by atoms with Crippen molar-refractivity contribution in [2.45, 2.75) is 44.6 Å². The van der Waals surface area contributed by atoms with Gasteiger partial charge in [-0.2, -0.15) is 0 Å². The van der Waals surface area contributed by atoms with E-state index < -0.39 is 5.54 Å². The minimum Gasteiger partial charge on any atom is -0.372 e. The Hall–Kier alpha value is -1.55. The number of hydrogen-bond donors (Lipinski definition) is 2. The number of rotatable bonds is 3. The van der Waals surface area contributed by atoms with Gasteiger partial charge in [0, 0.05) is 24.5 Å². The van der Waals surface area contributed by atoms with Gasteiger partial charge in [0.25, 0.3) is 0 Å². The maximum Gasteiger partial charge on any atom is 0.244 e. The van der Waals surface area contributed by atoms with E-state index in [2.05, 4.69) is 27.7 Å². The number of benzene rings is 1. The smallest absolute Gasteiger partial charge is 0.244 e. The van der Waals surface area contributed by atoms with Crippen LogP contribution in [0.15, 0.2) is 24.3 Å². The molecule has 3 rings (SSSR count). The van der Waals surface area contributed by atoms with E-state index in [0.717, 1.165) is 38.2 Å². The number of anilines is 2. The predicted octanol–water partition coefficient (Wildman–Crippen LogP) is 2.76. The molecule has 2 aliphatic rings. The second-order valence-corrected chi connectivity index (χ2v) is 6.41. The van der Waals surface area contributed by atoms with Gasteiger partial charge >= 0.3 is 0 Å². The lowest BCUT2D eigenvalue weighted by atomic mass is 9.99. The maximum atomic E-state index is 12.3. The molecule has 2 heterocycles. The molecule has 2 aliphatic heterocycles. The van der Waals surface area contributed by atoms with Crippen LogP contribution in [0.5, 0.6) is 0 Å². The zero-order valence-corrected chi connectivity index (χ0v) is 12.8. The van der Waals surface area contributed by atoms with Crippen LogP contribution in [0, 0.1) is 0 Å². The molecule has 0 aromatic heterocycles. The molecule has 0 radical (unpaired) electrons. The minimum atomic E-state index is -0.411. The predicted molar refractivity (Wildman–Crippen MR) is 86.8 cm³/mol. The average Bonchev–Trinajstić information content (AvgIpc) is 2.97. The van der Waals surface area contributed by atoms with Crippen LogP contribution in [0.1, 0.15) is 39.0 Å². The summed E-state index contributed by atoms with van der Waals surface area (Å²) >= 11 is 0. The lowest BCUT2D eigenvalue weighted by Crippen LogP contribution is -2.47. The van der Waals surface area contributed by atoms with Gasteiger partial charge in [0.1, 0.15) is 0 Å². The molecule has 1 aromatic carbocycles. The van der Waals surface area contributed by atoms with E-state index in [0.29, 0.717) is 0 Å². The third-order valence-electron chi connectivity index (χ3n) is 4.72. The first-order valence-electron chi connectivity index (χ1n) is 8.09. The second-order valence-electron chi connectivity index (χ2n) is 6.41. The average molecular weight is 287 g/mol. The van der Waals surface area contributed by atoms with Crippen molar-refractivity contribution in [1.82, 2.24) is 5.32 Å². The Labute approximate surface area is 126 Å². The molecule has 4 heteroatoms. The van der Waals surface area contributed by atoms with Gasteiger partial charge in [-0.05, 0) is 69.8 Å². The molecule has 114 valence electrons. The molecule has 4 nitrogen and oxygen atoms in total. The molecule has 0 saturated carbocycles. The van der Waals surface area contributed by atoms with E-state index in [1.165, 1.54) is 24.9 Å². The highest BCUT2D eigenvalue weighted by atomic mass is 16.2. The number of nitrogens with zero attached hydrogens (tertiary/aromatic N) is 1. The van der Waals surface area contributed by atoms with Gasteiger partial charge in [0.2, 0.25) is 5.91 Å². The van der Waals surface area contributed by atoms with E-state index in [9.17, 15) is 4.79 Å². The van der Waals surface area contributed by atoms with E-state index in [4.69, 9.17) is 0 Å². The number of nitrogens with one attached hydrogen (secondary N) is 2. The van der Waals surface area contributed by atoms with Gasteiger partial charge in [0.05, 0.1) is 5.54 Å². The molecule has 2 N–H and O–H groups in total. The van der Waals surface area contributed by atoms with Gasteiger partial charge in [-0.3, -0.25) is 4.79 Å². The zero-order chi connectivity index (χ0) is 14.7. The summed E-state index contributed by atoms with van der Waals surface area (Å²) in [4.78, 5) is 14.8. The first kappa shape index (κ1) is 14.4. The summed E-state index contributed by atoms with van der Waals surface area (Å²) in [5.41, 5.74) is 1.74. The van der Waals surface area contributed by atoms with Gasteiger partial charge in [0.15, 0.2) is 0 Å². The Morgan fingerprint density at radius 1 is 1.14 bits per heavy atom. The summed E-state index contributed by atoms with van der Waals surface area (Å²) < 4.78 is 0. The Kier molecular flexibility index (Phi) is 4.15. The summed E-state index contributed by atoms with van der Waals surface area (Å²) in [6, 6.07) is 8.26. The molecule has 0 spiro atoms. The number of hydrogen-bond acceptors (Lipinski definition) is 3. The van der Waals surface area contributed by atoms with Crippen LogP contribution in [0.3, 0.4) is 0 Å². The number of carbonyl (C=O) groups excluding carboxylic acids is 1. The van der Waals surface area contributed by atoms with Crippen LogP contribution >= 0.6 is 0 Å². The molecule has 2 saturated heterocycles. The van der Waals surface area contributed by atoms with Crippen LogP contribution < -0.4 is 15.5 Å². The first-order chi connectivity index (χ1) is 10.2. The molecular weight excluding hydrogens is 262 g/mol. The second kappa shape index (κ2) is 6.06. The number of amides is 1. The van der Waals surface area contributed by atoms with Gasteiger partial charge in [-0.25, -0.2) is 0 Å². The highest BCUT2D eigenvalue weighted by Crippen LogP contribution is 2.24. The Morgan fingerprint density at radius 2 is 1.86 bits per heavy atom. The normalized spacial score (nSPS) is 25.9. The maximum absolute atomic E-state index is 12.3. The Balaban J connectivity index is 1.62. The summed E-state index contributed by atoms with van der Waals surface area (Å²) in [5.74, 6) is 0.0747. The third kappa shape index (κ3) is 3.21. The molecular formula is C17H25N3O. The largest absolute Gasteiger partial charge is 0.372 e. The van der Waals surface area contributed by atoms with Crippen molar-refractivity contribution in [1.29, 1.82) is 0 Å². The third-order valence-corrected chi connectivity index (χ3v) is 4.72. The van der Waals surface area contributed by atoms with Crippen molar-refractivity contribution in [3.05, 3.63) is 24.3 Å². The lowest BCUT2D eigenvalue weighted by molar-refractivity contribution is -0.121. The topological polar surface area (TPSA) is 44.4 Å². The fourth-order valence-electron chi connectivity index (χ4n) is 3.27. The van der Waals surface area contributed by atoms with Crippen LogP contribution in [-0.2, 0) is 4.79 Å². The Morgan fingerprint density at radius 3 is 2.48 bits per heavy atom. The van der Waals surface area contributed by atoms with Crippen LogP contribution in [0.25, 0.3) is 0 Å². The first-order valence-corrected chi connectivity index (χ1v) is 8.09. The molecule has 21 heavy (non-hydrogen) atoms. The van der Waals surface area contributed by atoms with Crippen molar-refractivity contribution < 1.29 is 4.79 Å². The van der Waals surface area contributed by atoms with Crippen LogP contribution in [-0.4, -0.2) is 31.1 Å². The fraction of sp³-hybridized carbons (Fsp3) is 0.588. The summed E-state index contributed by atoms with van der Waals surface area (Å²) in [6.45, 7) is 5.21. The van der Waals surface area contributed by atoms with Gasteiger partial charge in [-0.15, -0.1) is 0 Å². The minimum absolute atomic E-state index is 0.0747. The zero-order valence-electron chi connectivity index (χ0n) is 12.8. The van der Waals surface area contributed by atoms with Crippen molar-refractivity contribution in [3.8, 4) is 0 Å². The van der Waals surface area contributed by atoms with Crippen molar-refractivity contribution in [2.24, 2.45) is 0 Å². The Bertz CT molecular complexity index is 485. The summed E-state index contributed by atoms with van der Waals surface area (Å²) in [6.07, 6.45) is 5.88. The van der Waals surface area contributed by atoms with E-state index in [-0.39, 0.29) is 5.91 Å². The SMILES string of the molecule is CC1(C(=O)Nc2ccc(N3CCCCC3)cc2)CCCN1. The van der Waals surface area contributed by atoms with E-state index >= 15 is 0 Å². The molecule has 0 aliphatic carbocycles.